The van der Waals surface area contributed by atoms with E-state index in [1.165, 1.54) is 27.5 Å². The van der Waals surface area contributed by atoms with Crippen molar-refractivity contribution < 1.29 is 77.3 Å². The first-order valence-corrected chi connectivity index (χ1v) is 25.5. The number of aromatic hydroxyl groups is 2. The summed E-state index contributed by atoms with van der Waals surface area (Å²) in [4.78, 5) is 97.0. The van der Waals surface area contributed by atoms with E-state index in [0.29, 0.717) is 37.1 Å². The number of carboxylic acids is 1. The van der Waals surface area contributed by atoms with Gasteiger partial charge in [-0.25, -0.2) is 24.7 Å². The van der Waals surface area contributed by atoms with Gasteiger partial charge in [0.2, 0.25) is 0 Å². The molecule has 0 aliphatic rings. The molecule has 0 amide bonds. The van der Waals surface area contributed by atoms with Crippen molar-refractivity contribution in [1.82, 2.24) is 19.9 Å². The maximum Gasteiger partial charge on any atom is 0.358 e. The number of pyridine rings is 4. The van der Waals surface area contributed by atoms with E-state index in [4.69, 9.17) is 24.4 Å². The number of carbonyl (C=O) groups excluding carboxylic acids is 6. The Hall–Kier alpha value is -9.85. The van der Waals surface area contributed by atoms with Crippen molar-refractivity contribution in [3.63, 3.8) is 0 Å². The largest absolute Gasteiger partial charge is 0.506 e. The summed E-state index contributed by atoms with van der Waals surface area (Å²) >= 11 is 0. The van der Waals surface area contributed by atoms with Gasteiger partial charge in [-0.15, -0.1) is 0 Å². The molecular formula is C62H66N4O16. The number of esters is 3. The molecule has 0 spiro atoms. The number of rotatable bonds is 22. The van der Waals surface area contributed by atoms with Gasteiger partial charge < -0.3 is 43.7 Å². The van der Waals surface area contributed by atoms with E-state index in [2.05, 4.69) is 34.1 Å². The Bertz CT molecular complexity index is 3140. The van der Waals surface area contributed by atoms with Gasteiger partial charge in [0.15, 0.2) is 28.8 Å². The zero-order valence-corrected chi connectivity index (χ0v) is 46.9. The SMILES string of the molecule is COC(=O)C(C)(C)CC(=O)c1ncc(O)cc1O.COC(=O)CCC(=O)c1ncc(C)cc1OCc1ccccc1.COC(=O)CCC(=O)c1ncc(C)cc1OCc1ccccc1.Cc1cnc(C(=O)O)c(OCc2ccccc2)c1. The highest BCUT2D eigenvalue weighted by atomic mass is 16.5. The van der Waals surface area contributed by atoms with Gasteiger partial charge in [0.05, 0.1) is 45.8 Å². The first-order valence-electron chi connectivity index (χ1n) is 25.5. The van der Waals surface area contributed by atoms with Gasteiger partial charge in [0.25, 0.3) is 0 Å². The van der Waals surface area contributed by atoms with Crippen LogP contribution in [0.1, 0.15) is 121 Å². The zero-order chi connectivity index (χ0) is 60.2. The van der Waals surface area contributed by atoms with Gasteiger partial charge in [-0.05, 0) is 86.2 Å². The molecule has 0 aliphatic carbocycles. The molecule has 4 aromatic heterocycles. The van der Waals surface area contributed by atoms with Gasteiger partial charge in [0, 0.05) is 43.9 Å². The Balaban J connectivity index is 0.000000237. The molecule has 7 rings (SSSR count). The molecule has 20 heteroatoms. The molecule has 3 N–H and O–H groups in total. The Morgan fingerprint density at radius 2 is 0.805 bits per heavy atom. The number of carbonyl (C=O) groups is 7. The second kappa shape index (κ2) is 32.9. The second-order valence-electron chi connectivity index (χ2n) is 18.7. The molecule has 0 unspecified atom stereocenters. The topological polar surface area (TPSA) is 287 Å². The number of aryl methyl sites for hydroxylation is 3. The minimum atomic E-state index is -1.09. The molecular weight excluding hydrogens is 1060 g/mol. The van der Waals surface area contributed by atoms with Gasteiger partial charge in [-0.2, -0.15) is 0 Å². The van der Waals surface area contributed by atoms with E-state index in [-0.39, 0.29) is 72.2 Å². The number of nitrogens with zero attached hydrogens (tertiary/aromatic N) is 4. The van der Waals surface area contributed by atoms with Crippen LogP contribution in [0, 0.1) is 26.2 Å². The van der Waals surface area contributed by atoms with Crippen molar-refractivity contribution in [2.45, 2.75) is 86.5 Å². The summed E-state index contributed by atoms with van der Waals surface area (Å²) in [5.74, 6) is -2.91. The molecule has 7 aromatic rings. The lowest BCUT2D eigenvalue weighted by Crippen LogP contribution is -2.28. The fourth-order valence-electron chi connectivity index (χ4n) is 7.11. The van der Waals surface area contributed by atoms with Crippen LogP contribution in [-0.4, -0.2) is 97.8 Å². The standard InChI is InChI=1S/2C18H19NO4.C14H13NO3.C12H15NO5/c2*1-13-10-16(23-12-14-6-4-3-5-7-14)18(19-11-13)15(20)8-9-17(21)22-2;1-10-7-12(13(14(16)17)15-8-10)18-9-11-5-3-2-4-6-11;1-12(2,11(17)18-3)5-9(16)10-8(15)4-7(14)6-13-10/h2*3-7,10-11H,8-9,12H2,1-2H3;2-8H,9H2,1H3,(H,16,17);4,6,14-15H,5H2,1-3H3. The zero-order valence-electron chi connectivity index (χ0n) is 46.9. The monoisotopic (exact) mass is 1120 g/mol. The summed E-state index contributed by atoms with van der Waals surface area (Å²) in [6.07, 6.45) is 5.80. The van der Waals surface area contributed by atoms with Gasteiger partial charge in [-0.3, -0.25) is 28.8 Å². The van der Waals surface area contributed by atoms with Crippen LogP contribution in [0.2, 0.25) is 0 Å². The van der Waals surface area contributed by atoms with Crippen molar-refractivity contribution in [3.8, 4) is 28.7 Å². The number of benzene rings is 3. The van der Waals surface area contributed by atoms with Crippen molar-refractivity contribution in [1.29, 1.82) is 0 Å². The fourth-order valence-corrected chi connectivity index (χ4v) is 7.11. The maximum absolute atomic E-state index is 12.3. The predicted molar refractivity (Wildman–Crippen MR) is 300 cm³/mol. The third-order valence-electron chi connectivity index (χ3n) is 11.4. The Morgan fingerprint density at radius 3 is 1.15 bits per heavy atom. The molecule has 0 saturated heterocycles. The molecule has 0 aliphatic heterocycles. The van der Waals surface area contributed by atoms with Crippen molar-refractivity contribution in [2.75, 3.05) is 21.3 Å². The smallest absolute Gasteiger partial charge is 0.358 e. The fraction of sp³-hybridized carbons (Fsp3) is 0.274. The van der Waals surface area contributed by atoms with E-state index in [1.807, 2.05) is 112 Å². The minimum absolute atomic E-state index is 0.0308. The number of Topliss-reactive ketones (excluding diaryl/α,β-unsaturated/α-hetero) is 3. The van der Waals surface area contributed by atoms with E-state index >= 15 is 0 Å². The number of ketones is 3. The van der Waals surface area contributed by atoms with E-state index < -0.39 is 40.8 Å². The Morgan fingerprint density at radius 1 is 0.451 bits per heavy atom. The van der Waals surface area contributed by atoms with Gasteiger partial charge in [-0.1, -0.05) is 91.0 Å². The molecule has 0 bridgehead atoms. The van der Waals surface area contributed by atoms with Gasteiger partial charge in [0.1, 0.15) is 59.9 Å². The summed E-state index contributed by atoms with van der Waals surface area (Å²) < 4.78 is 30.7. The summed E-state index contributed by atoms with van der Waals surface area (Å²) in [5.41, 5.74) is 4.90. The van der Waals surface area contributed by atoms with Crippen LogP contribution in [-0.2, 0) is 48.4 Å². The number of aromatic nitrogens is 4. The lowest BCUT2D eigenvalue weighted by Gasteiger charge is -2.20. The lowest BCUT2D eigenvalue weighted by molar-refractivity contribution is -0.150. The van der Waals surface area contributed by atoms with Crippen molar-refractivity contribution in [2.24, 2.45) is 5.41 Å². The average Bonchev–Trinajstić information content (AvgIpc) is 3.67. The van der Waals surface area contributed by atoms with Crippen molar-refractivity contribution in [3.05, 3.63) is 196 Å². The van der Waals surface area contributed by atoms with Gasteiger partial charge >= 0.3 is 23.9 Å². The molecule has 430 valence electrons. The van der Waals surface area contributed by atoms with Crippen LogP contribution in [0.4, 0.5) is 0 Å². The summed E-state index contributed by atoms with van der Waals surface area (Å²) in [6.45, 7) is 9.76. The Labute approximate surface area is 475 Å². The lowest BCUT2D eigenvalue weighted by atomic mass is 9.86. The number of aromatic carboxylic acids is 1. The number of methoxy groups -OCH3 is 3. The van der Waals surface area contributed by atoms with Crippen LogP contribution < -0.4 is 14.2 Å². The summed E-state index contributed by atoms with van der Waals surface area (Å²) in [5, 5.41) is 27.6. The molecule has 82 heavy (non-hydrogen) atoms. The number of hydrogen-bond donors (Lipinski definition) is 3. The highest BCUT2D eigenvalue weighted by Crippen LogP contribution is 2.29. The number of carboxylic acid groups (broad SMARTS) is 1. The maximum atomic E-state index is 12.3. The third kappa shape index (κ3) is 21.8. The number of ether oxygens (including phenoxy) is 6. The first kappa shape index (κ1) is 64.7. The predicted octanol–water partition coefficient (Wildman–Crippen LogP) is 10.1. The third-order valence-corrected chi connectivity index (χ3v) is 11.4. The van der Waals surface area contributed by atoms with Crippen LogP contribution in [0.25, 0.3) is 0 Å². The van der Waals surface area contributed by atoms with Crippen LogP contribution in [0.15, 0.2) is 140 Å². The highest BCUT2D eigenvalue weighted by Gasteiger charge is 2.33. The van der Waals surface area contributed by atoms with Crippen molar-refractivity contribution >= 4 is 41.2 Å². The molecule has 4 heterocycles. The second-order valence-corrected chi connectivity index (χ2v) is 18.7. The molecule has 20 nitrogen and oxygen atoms in total. The first-order chi connectivity index (χ1) is 39.1. The molecule has 0 fully saturated rings. The highest BCUT2D eigenvalue weighted by molar-refractivity contribution is 6.00. The molecule has 0 radical (unpaired) electrons. The average molecular weight is 1120 g/mol. The minimum Gasteiger partial charge on any atom is -0.506 e. The quantitative estimate of drug-likeness (QED) is 0.0323. The summed E-state index contributed by atoms with van der Waals surface area (Å²) in [7, 11) is 3.83. The van der Waals surface area contributed by atoms with Crippen LogP contribution in [0.5, 0.6) is 28.7 Å². The normalized spacial score (nSPS) is 10.3. The van der Waals surface area contributed by atoms with E-state index in [1.54, 1.807) is 44.4 Å². The van der Waals surface area contributed by atoms with E-state index in [9.17, 15) is 38.7 Å². The Kier molecular flexibility index (Phi) is 26.0. The number of hydrogen-bond acceptors (Lipinski definition) is 19. The van der Waals surface area contributed by atoms with Crippen LogP contribution >= 0.6 is 0 Å². The molecule has 0 saturated carbocycles. The van der Waals surface area contributed by atoms with Crippen LogP contribution in [0.3, 0.4) is 0 Å². The van der Waals surface area contributed by atoms with E-state index in [0.717, 1.165) is 45.6 Å². The summed E-state index contributed by atoms with van der Waals surface area (Å²) in [6, 6.07) is 35.2. The molecule has 3 aromatic carbocycles. The molecule has 0 atom stereocenters.